The third-order valence-electron chi connectivity index (χ3n) is 20.9. The average molecular weight is 899 g/mol. The topological polar surface area (TPSA) is 6.48 Å². The van der Waals surface area contributed by atoms with Gasteiger partial charge < -0.3 is 9.80 Å². The zero-order valence-corrected chi connectivity index (χ0v) is 43.7. The van der Waals surface area contributed by atoms with Gasteiger partial charge in [-0.25, -0.2) is 0 Å². The smallest absolute Gasteiger partial charge is 0.264 e. The third kappa shape index (κ3) is 5.20. The molecule has 0 spiro atoms. The number of hydrogen-bond donors (Lipinski definition) is 0. The summed E-state index contributed by atoms with van der Waals surface area (Å²) in [7, 11) is 0. The molecule has 2 saturated carbocycles. The molecule has 4 atom stereocenters. The first kappa shape index (κ1) is 41.7. The third-order valence-corrected chi connectivity index (χ3v) is 22.1. The van der Waals surface area contributed by atoms with Gasteiger partial charge in [0.25, 0.3) is 6.71 Å². The summed E-state index contributed by atoms with van der Waals surface area (Å²) in [4.78, 5) is 5.55. The van der Waals surface area contributed by atoms with Crippen LogP contribution in [-0.4, -0.2) is 6.71 Å². The van der Waals surface area contributed by atoms with E-state index in [1.54, 1.807) is 22.3 Å². The van der Waals surface area contributed by atoms with E-state index in [0.29, 0.717) is 0 Å². The molecule has 0 N–H and O–H groups in total. The van der Waals surface area contributed by atoms with Crippen molar-refractivity contribution < 1.29 is 0 Å². The fourth-order valence-corrected chi connectivity index (χ4v) is 18.1. The van der Waals surface area contributed by atoms with E-state index in [1.807, 2.05) is 0 Å². The number of hydrogen-bond acceptors (Lipinski definition) is 3. The summed E-state index contributed by atoms with van der Waals surface area (Å²) in [5.74, 6) is 0. The van der Waals surface area contributed by atoms with E-state index < -0.39 is 0 Å². The van der Waals surface area contributed by atoms with E-state index in [2.05, 4.69) is 184 Å². The standard InChI is InChI=1S/C63H71BN2S/c1-36-26-50-53-51(27-36)66(38-15-17-41-43(29-38)59(8,9)21-19-57(41,4)5)54-39-30-44-47(63(13)25-22-60(44,10)34-63)33-52(39)67-55(54)64(53)48-31-45-46(62(12)24-23-61(45,11)35-62)32-49(48)65(50)37-14-16-40-42(28-37)58(6,7)20-18-56(40,2)3/h14-17,26-33H,18-25,34-35H2,1-13H3. The fraction of sp³-hybridized carbons (Fsp3) is 0.492. The van der Waals surface area contributed by atoms with Gasteiger partial charge in [0.1, 0.15) is 0 Å². The Morgan fingerprint density at radius 2 is 0.881 bits per heavy atom. The van der Waals surface area contributed by atoms with Gasteiger partial charge in [-0.05, 0) is 230 Å². The summed E-state index contributed by atoms with van der Waals surface area (Å²) in [6.45, 7) is 32.7. The Morgan fingerprint density at radius 1 is 0.433 bits per heavy atom. The summed E-state index contributed by atoms with van der Waals surface area (Å²) in [5.41, 5.74) is 26.7. The van der Waals surface area contributed by atoms with Gasteiger partial charge in [-0.1, -0.05) is 101 Å². The molecule has 4 unspecified atom stereocenters. The molecule has 2 nitrogen and oxygen atoms in total. The molecule has 4 bridgehead atoms. The zero-order chi connectivity index (χ0) is 46.5. The van der Waals surface area contributed by atoms with E-state index in [9.17, 15) is 0 Å². The highest BCUT2D eigenvalue weighted by Crippen LogP contribution is 2.64. The van der Waals surface area contributed by atoms with Crippen molar-refractivity contribution in [2.45, 2.75) is 198 Å². The number of anilines is 6. The minimum absolute atomic E-state index is 0.103. The van der Waals surface area contributed by atoms with E-state index >= 15 is 0 Å². The summed E-state index contributed by atoms with van der Waals surface area (Å²) in [6, 6.07) is 31.4. The minimum Gasteiger partial charge on any atom is -0.311 e. The van der Waals surface area contributed by atoms with Gasteiger partial charge >= 0.3 is 0 Å². The van der Waals surface area contributed by atoms with Gasteiger partial charge in [0.15, 0.2) is 0 Å². The Balaban J connectivity index is 1.10. The van der Waals surface area contributed by atoms with Crippen molar-refractivity contribution in [2.75, 3.05) is 9.80 Å². The molecule has 0 amide bonds. The highest BCUT2D eigenvalue weighted by atomic mass is 32.1. The first-order chi connectivity index (χ1) is 31.4. The Labute approximate surface area is 406 Å². The van der Waals surface area contributed by atoms with Gasteiger partial charge in [-0.3, -0.25) is 0 Å². The first-order valence-electron chi connectivity index (χ1n) is 26.3. The van der Waals surface area contributed by atoms with E-state index in [-0.39, 0.29) is 50.0 Å². The molecular weight excluding hydrogens is 828 g/mol. The van der Waals surface area contributed by atoms with Crippen LogP contribution in [0.5, 0.6) is 0 Å². The lowest BCUT2D eigenvalue weighted by molar-refractivity contribution is 0.332. The molecule has 8 aliphatic rings. The highest BCUT2D eigenvalue weighted by Gasteiger charge is 2.57. The fourth-order valence-electron chi connectivity index (χ4n) is 16.8. The molecule has 0 radical (unpaired) electrons. The molecule has 2 fully saturated rings. The van der Waals surface area contributed by atoms with Crippen molar-refractivity contribution in [2.24, 2.45) is 0 Å². The first-order valence-corrected chi connectivity index (χ1v) is 27.1. The van der Waals surface area contributed by atoms with Crippen LogP contribution in [0.25, 0.3) is 10.1 Å². The summed E-state index contributed by atoms with van der Waals surface area (Å²) < 4.78 is 3.00. The molecule has 6 aliphatic carbocycles. The van der Waals surface area contributed by atoms with Crippen molar-refractivity contribution in [3.63, 3.8) is 0 Å². The lowest BCUT2D eigenvalue weighted by Crippen LogP contribution is -2.60. The van der Waals surface area contributed by atoms with Crippen LogP contribution in [0, 0.1) is 6.92 Å². The second-order valence-electron chi connectivity index (χ2n) is 27.6. The van der Waals surface area contributed by atoms with Crippen molar-refractivity contribution in [3.05, 3.63) is 123 Å². The largest absolute Gasteiger partial charge is 0.311 e. The Morgan fingerprint density at radius 3 is 1.42 bits per heavy atom. The normalized spacial score (nSPS) is 29.9. The maximum absolute atomic E-state index is 2.79. The maximum atomic E-state index is 2.79. The van der Waals surface area contributed by atoms with Crippen LogP contribution < -0.4 is 25.5 Å². The van der Waals surface area contributed by atoms with Crippen LogP contribution in [-0.2, 0) is 43.3 Å². The van der Waals surface area contributed by atoms with Crippen molar-refractivity contribution >= 4 is 78.0 Å². The van der Waals surface area contributed by atoms with Crippen LogP contribution >= 0.6 is 11.3 Å². The molecule has 14 rings (SSSR count). The minimum atomic E-state index is 0.103. The predicted octanol–water partition coefficient (Wildman–Crippen LogP) is 15.4. The Kier molecular flexibility index (Phi) is 7.69. The molecule has 3 heterocycles. The van der Waals surface area contributed by atoms with Crippen LogP contribution in [0.1, 0.15) is 197 Å². The van der Waals surface area contributed by atoms with Gasteiger partial charge in [0.2, 0.25) is 0 Å². The molecule has 6 aromatic rings. The van der Waals surface area contributed by atoms with Crippen molar-refractivity contribution in [1.29, 1.82) is 0 Å². The average Bonchev–Trinajstić information content (AvgIpc) is 4.02. The highest BCUT2D eigenvalue weighted by molar-refractivity contribution is 7.33. The molecule has 342 valence electrons. The van der Waals surface area contributed by atoms with Gasteiger partial charge in [0.05, 0.1) is 5.69 Å². The maximum Gasteiger partial charge on any atom is 0.264 e. The van der Waals surface area contributed by atoms with Gasteiger partial charge in [-0.2, -0.15) is 0 Å². The number of rotatable bonds is 2. The zero-order valence-electron chi connectivity index (χ0n) is 42.9. The van der Waals surface area contributed by atoms with Gasteiger partial charge in [0, 0.05) is 43.3 Å². The number of nitrogens with zero attached hydrogens (tertiary/aromatic N) is 2. The van der Waals surface area contributed by atoms with Crippen LogP contribution in [0.4, 0.5) is 34.1 Å². The number of benzene rings is 5. The van der Waals surface area contributed by atoms with Crippen LogP contribution in [0.15, 0.2) is 72.8 Å². The second-order valence-corrected chi connectivity index (χ2v) is 28.7. The molecular formula is C63H71BN2S. The summed E-state index contributed by atoms with van der Waals surface area (Å²) in [5, 5.41) is 1.46. The quantitative estimate of drug-likeness (QED) is 0.160. The number of thiophene rings is 1. The van der Waals surface area contributed by atoms with Crippen molar-refractivity contribution in [1.82, 2.24) is 0 Å². The Hall–Kier alpha value is -4.28. The Bertz CT molecular complexity index is 3270. The molecule has 1 aromatic heterocycles. The van der Waals surface area contributed by atoms with Crippen molar-refractivity contribution in [3.8, 4) is 0 Å². The van der Waals surface area contributed by atoms with E-state index in [0.717, 1.165) is 0 Å². The molecule has 5 aromatic carbocycles. The lowest BCUT2D eigenvalue weighted by atomic mass is 9.36. The van der Waals surface area contributed by atoms with Gasteiger partial charge in [-0.15, -0.1) is 11.3 Å². The molecule has 67 heavy (non-hydrogen) atoms. The van der Waals surface area contributed by atoms with E-state index in [4.69, 9.17) is 0 Å². The summed E-state index contributed by atoms with van der Waals surface area (Å²) in [6.07, 6.45) is 12.6. The predicted molar refractivity (Wildman–Crippen MR) is 288 cm³/mol. The van der Waals surface area contributed by atoms with Crippen LogP contribution in [0.3, 0.4) is 0 Å². The molecule has 0 saturated heterocycles. The molecule has 2 aliphatic heterocycles. The van der Waals surface area contributed by atoms with E-state index in [1.165, 1.54) is 152 Å². The molecule has 4 heteroatoms. The SMILES string of the molecule is Cc1cc2c3c(c1)N(c1ccc4c(c1)C(C)(C)CCC4(C)C)c1c(sc4cc5c(cc14)C1(C)CCC5(C)C1)B3c1cc3c(cc1N2c1ccc2c(c1)C(C)(C)CCC2(C)C)C1(C)CCC3(C)C1. The number of aryl methyl sites for hydroxylation is 1. The lowest BCUT2D eigenvalue weighted by Gasteiger charge is -2.46. The second kappa shape index (κ2) is 12.4. The monoisotopic (exact) mass is 899 g/mol. The number of fused-ring (bicyclic) bond motifs is 18. The summed E-state index contributed by atoms with van der Waals surface area (Å²) >= 11 is 2.13. The van der Waals surface area contributed by atoms with Crippen LogP contribution in [0.2, 0.25) is 0 Å².